The first kappa shape index (κ1) is 11.4. The van der Waals surface area contributed by atoms with Crippen LogP contribution in [0, 0.1) is 0 Å². The van der Waals surface area contributed by atoms with E-state index < -0.39 is 0 Å². The lowest BCUT2D eigenvalue weighted by Gasteiger charge is -1.96. The molecule has 4 heteroatoms. The highest BCUT2D eigenvalue weighted by Gasteiger charge is 2.10. The van der Waals surface area contributed by atoms with Gasteiger partial charge in [0.05, 0.1) is 5.69 Å². The summed E-state index contributed by atoms with van der Waals surface area (Å²) in [6.07, 6.45) is 1.66. The molecule has 2 aromatic rings. The van der Waals surface area contributed by atoms with Crippen LogP contribution in [0.5, 0.6) is 0 Å². The van der Waals surface area contributed by atoms with Gasteiger partial charge >= 0.3 is 0 Å². The Kier molecular flexibility index (Phi) is 3.55. The monoisotopic (exact) mass is 230 g/mol. The summed E-state index contributed by atoms with van der Waals surface area (Å²) in [6, 6.07) is 11.8. The number of hydrogen-bond donors (Lipinski definition) is 1. The first-order valence-corrected chi connectivity index (χ1v) is 5.51. The summed E-state index contributed by atoms with van der Waals surface area (Å²) in [7, 11) is 1.56. The zero-order chi connectivity index (χ0) is 12.1. The van der Waals surface area contributed by atoms with E-state index in [9.17, 15) is 4.79 Å². The molecule has 0 unspecified atom stereocenters. The van der Waals surface area contributed by atoms with Gasteiger partial charge in [0.2, 0.25) is 5.76 Å². The van der Waals surface area contributed by atoms with Crippen molar-refractivity contribution in [3.8, 4) is 0 Å². The second kappa shape index (κ2) is 5.30. The van der Waals surface area contributed by atoms with Crippen LogP contribution in [-0.2, 0) is 12.8 Å². The van der Waals surface area contributed by atoms with Crippen molar-refractivity contribution in [2.75, 3.05) is 7.05 Å². The van der Waals surface area contributed by atoms with Crippen molar-refractivity contribution in [2.24, 2.45) is 0 Å². The molecular formula is C13H14N2O2. The summed E-state index contributed by atoms with van der Waals surface area (Å²) in [6.45, 7) is 0. The van der Waals surface area contributed by atoms with Gasteiger partial charge < -0.3 is 9.84 Å². The molecule has 0 bridgehead atoms. The highest BCUT2D eigenvalue weighted by Crippen LogP contribution is 2.08. The Hall–Kier alpha value is -2.10. The lowest BCUT2D eigenvalue weighted by molar-refractivity contribution is 0.0926. The minimum Gasteiger partial charge on any atom is -0.352 e. The molecule has 0 aliphatic carbocycles. The number of aromatic nitrogens is 1. The molecule has 1 N–H and O–H groups in total. The van der Waals surface area contributed by atoms with E-state index in [0.29, 0.717) is 0 Å². The van der Waals surface area contributed by atoms with Crippen molar-refractivity contribution in [2.45, 2.75) is 12.8 Å². The molecule has 0 spiro atoms. The minimum atomic E-state index is -0.247. The highest BCUT2D eigenvalue weighted by molar-refractivity contribution is 5.91. The van der Waals surface area contributed by atoms with E-state index in [1.807, 2.05) is 18.2 Å². The lowest BCUT2D eigenvalue weighted by Crippen LogP contribution is -2.16. The average molecular weight is 230 g/mol. The third-order valence-corrected chi connectivity index (χ3v) is 2.52. The van der Waals surface area contributed by atoms with E-state index in [-0.39, 0.29) is 11.7 Å². The van der Waals surface area contributed by atoms with Crippen LogP contribution in [0.2, 0.25) is 0 Å². The van der Waals surface area contributed by atoms with Crippen LogP contribution in [-0.4, -0.2) is 18.1 Å². The number of benzene rings is 1. The summed E-state index contributed by atoms with van der Waals surface area (Å²) < 4.78 is 4.94. The van der Waals surface area contributed by atoms with Crippen LogP contribution < -0.4 is 5.32 Å². The molecule has 0 atom stereocenters. The van der Waals surface area contributed by atoms with Gasteiger partial charge in [0.25, 0.3) is 5.91 Å². The molecule has 1 aromatic carbocycles. The van der Waals surface area contributed by atoms with E-state index in [0.717, 1.165) is 18.5 Å². The van der Waals surface area contributed by atoms with Crippen LogP contribution in [0.25, 0.3) is 0 Å². The molecule has 2 rings (SSSR count). The number of aryl methyl sites for hydroxylation is 2. The largest absolute Gasteiger partial charge is 0.352 e. The Labute approximate surface area is 99.6 Å². The fourth-order valence-corrected chi connectivity index (χ4v) is 1.58. The maximum atomic E-state index is 11.3. The third-order valence-electron chi connectivity index (χ3n) is 2.52. The Bertz CT molecular complexity index is 491. The van der Waals surface area contributed by atoms with Gasteiger partial charge in [-0.3, -0.25) is 4.79 Å². The Morgan fingerprint density at radius 2 is 2.06 bits per heavy atom. The fourth-order valence-electron chi connectivity index (χ4n) is 1.58. The maximum absolute atomic E-state index is 11.3. The van der Waals surface area contributed by atoms with E-state index in [1.165, 1.54) is 5.56 Å². The number of amides is 1. The van der Waals surface area contributed by atoms with E-state index in [2.05, 4.69) is 22.6 Å². The first-order valence-electron chi connectivity index (χ1n) is 5.51. The summed E-state index contributed by atoms with van der Waals surface area (Å²) in [5.74, 6) is 0.0130. The van der Waals surface area contributed by atoms with Crippen molar-refractivity contribution in [1.82, 2.24) is 10.5 Å². The first-order chi connectivity index (χ1) is 8.29. The number of hydrogen-bond acceptors (Lipinski definition) is 3. The number of carbonyl (C=O) groups excluding carboxylic acids is 1. The van der Waals surface area contributed by atoms with Crippen LogP contribution in [0.3, 0.4) is 0 Å². The van der Waals surface area contributed by atoms with Gasteiger partial charge in [-0.1, -0.05) is 35.5 Å². The van der Waals surface area contributed by atoms with Crippen molar-refractivity contribution in [3.63, 3.8) is 0 Å². The molecule has 0 aliphatic heterocycles. The van der Waals surface area contributed by atoms with Crippen molar-refractivity contribution >= 4 is 5.91 Å². The second-order valence-corrected chi connectivity index (χ2v) is 3.75. The lowest BCUT2D eigenvalue weighted by atomic mass is 10.1. The van der Waals surface area contributed by atoms with Crippen molar-refractivity contribution in [3.05, 3.63) is 53.4 Å². The standard InChI is InChI=1S/C13H14N2O2/c1-14-13(16)12-9-11(15-17-12)8-7-10-5-3-2-4-6-10/h2-6,9H,7-8H2,1H3,(H,14,16). The average Bonchev–Trinajstić information content (AvgIpc) is 2.85. The number of nitrogens with one attached hydrogen (secondary N) is 1. The predicted molar refractivity (Wildman–Crippen MR) is 63.7 cm³/mol. The predicted octanol–water partition coefficient (Wildman–Crippen LogP) is 1.82. The molecule has 0 fully saturated rings. The number of carbonyl (C=O) groups is 1. The van der Waals surface area contributed by atoms with Gasteiger partial charge in [-0.15, -0.1) is 0 Å². The van der Waals surface area contributed by atoms with Gasteiger partial charge in [-0.05, 0) is 18.4 Å². The Morgan fingerprint density at radius 3 is 2.76 bits per heavy atom. The zero-order valence-corrected chi connectivity index (χ0v) is 9.64. The summed E-state index contributed by atoms with van der Waals surface area (Å²) in [4.78, 5) is 11.3. The third kappa shape index (κ3) is 2.93. The highest BCUT2D eigenvalue weighted by atomic mass is 16.5. The van der Waals surface area contributed by atoms with E-state index >= 15 is 0 Å². The van der Waals surface area contributed by atoms with Crippen LogP contribution >= 0.6 is 0 Å². The molecule has 1 aromatic heterocycles. The minimum absolute atomic E-state index is 0.247. The molecule has 0 saturated carbocycles. The molecule has 1 heterocycles. The second-order valence-electron chi connectivity index (χ2n) is 3.75. The number of rotatable bonds is 4. The molecule has 0 saturated heterocycles. The van der Waals surface area contributed by atoms with E-state index in [1.54, 1.807) is 13.1 Å². The van der Waals surface area contributed by atoms with Crippen LogP contribution in [0.4, 0.5) is 0 Å². The Balaban J connectivity index is 1.96. The topological polar surface area (TPSA) is 55.1 Å². The Morgan fingerprint density at radius 1 is 1.29 bits per heavy atom. The molecule has 0 radical (unpaired) electrons. The van der Waals surface area contributed by atoms with Crippen LogP contribution in [0.1, 0.15) is 21.8 Å². The summed E-state index contributed by atoms with van der Waals surface area (Å²) >= 11 is 0. The SMILES string of the molecule is CNC(=O)c1cc(CCc2ccccc2)no1. The molecule has 4 nitrogen and oxygen atoms in total. The van der Waals surface area contributed by atoms with Crippen LogP contribution in [0.15, 0.2) is 40.9 Å². The number of nitrogens with zero attached hydrogens (tertiary/aromatic N) is 1. The van der Waals surface area contributed by atoms with Gasteiger partial charge in [-0.2, -0.15) is 0 Å². The summed E-state index contributed by atoms with van der Waals surface area (Å²) in [5, 5.41) is 6.36. The maximum Gasteiger partial charge on any atom is 0.289 e. The van der Waals surface area contributed by atoms with Gasteiger partial charge in [0, 0.05) is 13.1 Å². The molecule has 88 valence electrons. The normalized spacial score (nSPS) is 10.2. The fraction of sp³-hybridized carbons (Fsp3) is 0.231. The molecular weight excluding hydrogens is 216 g/mol. The molecule has 1 amide bonds. The van der Waals surface area contributed by atoms with Crippen molar-refractivity contribution in [1.29, 1.82) is 0 Å². The molecule has 17 heavy (non-hydrogen) atoms. The van der Waals surface area contributed by atoms with Gasteiger partial charge in [0.1, 0.15) is 0 Å². The van der Waals surface area contributed by atoms with Gasteiger partial charge in [0.15, 0.2) is 0 Å². The van der Waals surface area contributed by atoms with Crippen molar-refractivity contribution < 1.29 is 9.32 Å². The summed E-state index contributed by atoms with van der Waals surface area (Å²) in [5.41, 5.74) is 2.05. The zero-order valence-electron chi connectivity index (χ0n) is 9.64. The molecule has 0 aliphatic rings. The smallest absolute Gasteiger partial charge is 0.289 e. The van der Waals surface area contributed by atoms with E-state index in [4.69, 9.17) is 4.52 Å². The quantitative estimate of drug-likeness (QED) is 0.871. The van der Waals surface area contributed by atoms with Gasteiger partial charge in [-0.25, -0.2) is 0 Å².